The number of ether oxygens (including phenoxy) is 2. The molecule has 0 aliphatic carbocycles. The summed E-state index contributed by atoms with van der Waals surface area (Å²) in [6, 6.07) is 6.59. The van der Waals surface area contributed by atoms with Crippen LogP contribution < -0.4 is 9.64 Å². The number of nitrogens with zero attached hydrogens (tertiary/aromatic N) is 3. The molecule has 3 saturated heterocycles. The number of fused-ring (bicyclic) bond motifs is 1. The number of benzene rings is 1. The van der Waals surface area contributed by atoms with Crippen LogP contribution in [0.2, 0.25) is 0 Å². The predicted molar refractivity (Wildman–Crippen MR) is 171 cm³/mol. The fourth-order valence-electron chi connectivity index (χ4n) is 7.40. The molecule has 3 aliphatic rings. The minimum absolute atomic E-state index is 0.115. The highest BCUT2D eigenvalue weighted by molar-refractivity contribution is 6.03. The van der Waals surface area contributed by atoms with E-state index in [1.807, 2.05) is 36.1 Å². The SMILES string of the molecule is C=CCN(CCCCC)C(=O)C1N(CCCCCCO)C(=O)[C@@H]2[C@@H](C(=O)N(CC=C)c3ccc(OCC)cc3)[C@H]3CCC12O3. The molecule has 0 saturated carbocycles. The van der Waals surface area contributed by atoms with Crippen molar-refractivity contribution in [1.29, 1.82) is 0 Å². The van der Waals surface area contributed by atoms with Crippen molar-refractivity contribution in [3.8, 4) is 5.75 Å². The maximum atomic E-state index is 14.4. The molecular formula is C35H51N3O6. The number of amides is 3. The number of likely N-dealkylation sites (tertiary alicyclic amines) is 1. The van der Waals surface area contributed by atoms with Crippen LogP contribution in [0.4, 0.5) is 5.69 Å². The van der Waals surface area contributed by atoms with E-state index in [2.05, 4.69) is 20.1 Å². The van der Waals surface area contributed by atoms with Gasteiger partial charge in [-0.25, -0.2) is 0 Å². The van der Waals surface area contributed by atoms with Crippen LogP contribution in [0, 0.1) is 11.8 Å². The Hall–Kier alpha value is -3.17. The van der Waals surface area contributed by atoms with E-state index in [9.17, 15) is 19.5 Å². The van der Waals surface area contributed by atoms with Gasteiger partial charge in [-0.15, -0.1) is 13.2 Å². The summed E-state index contributed by atoms with van der Waals surface area (Å²) < 4.78 is 12.3. The molecule has 0 radical (unpaired) electrons. The first kappa shape index (κ1) is 33.7. The van der Waals surface area contributed by atoms with Crippen molar-refractivity contribution in [1.82, 2.24) is 9.80 Å². The molecule has 9 heteroatoms. The van der Waals surface area contributed by atoms with Gasteiger partial charge in [-0.2, -0.15) is 0 Å². The Morgan fingerprint density at radius 1 is 1.05 bits per heavy atom. The summed E-state index contributed by atoms with van der Waals surface area (Å²) in [4.78, 5) is 48.4. The second-order valence-electron chi connectivity index (χ2n) is 12.2. The first-order valence-corrected chi connectivity index (χ1v) is 16.5. The number of aliphatic hydroxyl groups excluding tert-OH is 1. The summed E-state index contributed by atoms with van der Waals surface area (Å²) >= 11 is 0. The van der Waals surface area contributed by atoms with Gasteiger partial charge < -0.3 is 29.3 Å². The minimum Gasteiger partial charge on any atom is -0.494 e. The monoisotopic (exact) mass is 609 g/mol. The predicted octanol–water partition coefficient (Wildman–Crippen LogP) is 4.74. The van der Waals surface area contributed by atoms with Crippen molar-refractivity contribution >= 4 is 23.4 Å². The van der Waals surface area contributed by atoms with Crippen LogP contribution in [0.25, 0.3) is 0 Å². The van der Waals surface area contributed by atoms with Gasteiger partial charge in [0.25, 0.3) is 0 Å². The van der Waals surface area contributed by atoms with Crippen LogP contribution in [-0.2, 0) is 19.1 Å². The Balaban J connectivity index is 1.66. The van der Waals surface area contributed by atoms with E-state index in [0.717, 1.165) is 37.9 Å². The second-order valence-corrected chi connectivity index (χ2v) is 12.2. The van der Waals surface area contributed by atoms with Crippen molar-refractivity contribution in [2.75, 3.05) is 44.3 Å². The fourth-order valence-corrected chi connectivity index (χ4v) is 7.40. The number of hydrogen-bond acceptors (Lipinski definition) is 6. The highest BCUT2D eigenvalue weighted by Crippen LogP contribution is 2.59. The minimum atomic E-state index is -1.03. The quantitative estimate of drug-likeness (QED) is 0.180. The third-order valence-corrected chi connectivity index (χ3v) is 9.36. The molecule has 1 aromatic rings. The van der Waals surface area contributed by atoms with E-state index >= 15 is 0 Å². The van der Waals surface area contributed by atoms with Crippen LogP contribution in [0.15, 0.2) is 49.6 Å². The van der Waals surface area contributed by atoms with Crippen molar-refractivity contribution in [3.63, 3.8) is 0 Å². The van der Waals surface area contributed by atoms with E-state index < -0.39 is 29.6 Å². The number of anilines is 1. The molecular weight excluding hydrogens is 558 g/mol. The lowest BCUT2D eigenvalue weighted by Crippen LogP contribution is -2.56. The molecule has 44 heavy (non-hydrogen) atoms. The van der Waals surface area contributed by atoms with Gasteiger partial charge in [-0.1, -0.05) is 44.8 Å². The molecule has 1 spiro atoms. The lowest BCUT2D eigenvalue weighted by atomic mass is 9.70. The van der Waals surface area contributed by atoms with Gasteiger partial charge in [-0.05, 0) is 63.3 Å². The topological polar surface area (TPSA) is 99.6 Å². The Morgan fingerprint density at radius 3 is 2.43 bits per heavy atom. The summed E-state index contributed by atoms with van der Waals surface area (Å²) in [7, 11) is 0. The molecule has 3 amide bonds. The summed E-state index contributed by atoms with van der Waals surface area (Å²) in [5.74, 6) is -1.16. The second kappa shape index (κ2) is 15.7. The maximum absolute atomic E-state index is 14.4. The van der Waals surface area contributed by atoms with Gasteiger partial charge in [0.05, 0.1) is 24.5 Å². The Kier molecular flexibility index (Phi) is 12.0. The first-order valence-electron chi connectivity index (χ1n) is 16.5. The van der Waals surface area contributed by atoms with Crippen molar-refractivity contribution in [2.24, 2.45) is 11.8 Å². The molecule has 3 aliphatic heterocycles. The van der Waals surface area contributed by atoms with E-state index in [1.54, 1.807) is 22.0 Å². The number of carbonyl (C=O) groups is 3. The summed E-state index contributed by atoms with van der Waals surface area (Å²) in [5.41, 5.74) is -0.338. The lowest BCUT2D eigenvalue weighted by molar-refractivity contribution is -0.147. The van der Waals surface area contributed by atoms with Crippen LogP contribution in [-0.4, -0.2) is 89.8 Å². The summed E-state index contributed by atoms with van der Waals surface area (Å²) in [6.07, 6.45) is 10.2. The molecule has 3 heterocycles. The zero-order chi connectivity index (χ0) is 31.7. The zero-order valence-corrected chi connectivity index (χ0v) is 26.6. The largest absolute Gasteiger partial charge is 0.494 e. The zero-order valence-electron chi connectivity index (χ0n) is 26.6. The fraction of sp³-hybridized carbons (Fsp3) is 0.629. The summed E-state index contributed by atoms with van der Waals surface area (Å²) in [5, 5.41) is 9.21. The molecule has 0 aromatic heterocycles. The van der Waals surface area contributed by atoms with Crippen molar-refractivity contribution in [3.05, 3.63) is 49.6 Å². The molecule has 1 N–H and O–H groups in total. The average molecular weight is 610 g/mol. The van der Waals surface area contributed by atoms with Crippen LogP contribution in [0.1, 0.15) is 71.6 Å². The first-order chi connectivity index (χ1) is 21.4. The Labute approximate surface area is 262 Å². The van der Waals surface area contributed by atoms with Gasteiger partial charge >= 0.3 is 0 Å². The van der Waals surface area contributed by atoms with Crippen LogP contribution in [0.3, 0.4) is 0 Å². The molecule has 242 valence electrons. The highest BCUT2D eigenvalue weighted by atomic mass is 16.5. The Morgan fingerprint density at radius 2 is 1.77 bits per heavy atom. The number of aliphatic hydroxyl groups is 1. The highest BCUT2D eigenvalue weighted by Gasteiger charge is 2.74. The number of hydrogen-bond donors (Lipinski definition) is 1. The van der Waals surface area contributed by atoms with Crippen LogP contribution >= 0.6 is 0 Å². The third kappa shape index (κ3) is 6.74. The normalized spacial score (nSPS) is 25.2. The molecule has 1 aromatic carbocycles. The number of carbonyl (C=O) groups excluding carboxylic acids is 3. The molecule has 9 nitrogen and oxygen atoms in total. The van der Waals surface area contributed by atoms with Gasteiger partial charge in [-0.3, -0.25) is 14.4 Å². The van der Waals surface area contributed by atoms with Gasteiger partial charge in [0, 0.05) is 38.5 Å². The van der Waals surface area contributed by atoms with E-state index in [4.69, 9.17) is 9.47 Å². The molecule has 5 atom stereocenters. The third-order valence-electron chi connectivity index (χ3n) is 9.36. The number of rotatable bonds is 19. The van der Waals surface area contributed by atoms with Crippen molar-refractivity contribution in [2.45, 2.75) is 89.4 Å². The van der Waals surface area contributed by atoms with Gasteiger partial charge in [0.15, 0.2) is 0 Å². The lowest BCUT2D eigenvalue weighted by Gasteiger charge is -2.37. The summed E-state index contributed by atoms with van der Waals surface area (Å²) in [6.45, 7) is 14.2. The molecule has 4 rings (SSSR count). The maximum Gasteiger partial charge on any atom is 0.248 e. The van der Waals surface area contributed by atoms with E-state index in [-0.39, 0.29) is 30.9 Å². The van der Waals surface area contributed by atoms with Crippen molar-refractivity contribution < 1.29 is 29.0 Å². The average Bonchev–Trinajstić information content (AvgIpc) is 3.67. The van der Waals surface area contributed by atoms with Gasteiger partial charge in [0.2, 0.25) is 17.7 Å². The molecule has 3 fully saturated rings. The standard InChI is InChI=1S/C35H51N3O6/c1-5-9-12-23-36(21-6-2)34(42)31-35-20-19-28(44-35)29(30(35)33(41)38(31)24-13-10-11-14-25-39)32(40)37(22-7-3)26-15-17-27(18-16-26)43-8-4/h6-7,15-18,28-31,39H,2-3,5,8-14,19-25H2,1,4H3/t28-,29+,30+,31?,35?/m1/s1. The van der Waals surface area contributed by atoms with E-state index in [1.165, 1.54) is 0 Å². The molecule has 2 unspecified atom stereocenters. The van der Waals surface area contributed by atoms with Gasteiger partial charge in [0.1, 0.15) is 17.4 Å². The number of unbranched alkanes of at least 4 members (excludes halogenated alkanes) is 5. The molecule has 2 bridgehead atoms. The smallest absolute Gasteiger partial charge is 0.248 e. The van der Waals surface area contributed by atoms with E-state index in [0.29, 0.717) is 57.6 Å². The Bertz CT molecular complexity index is 1160. The van der Waals surface area contributed by atoms with Crippen LogP contribution in [0.5, 0.6) is 5.75 Å².